The molecule has 0 N–H and O–H groups in total. The number of benzene rings is 3. The molecular weight excluding hydrogens is 388 g/mol. The molecule has 0 heterocycles. The van der Waals surface area contributed by atoms with Gasteiger partial charge in [-0.1, -0.05) is 73.3 Å². The van der Waals surface area contributed by atoms with E-state index in [4.69, 9.17) is 9.47 Å². The van der Waals surface area contributed by atoms with Crippen LogP contribution in [0.3, 0.4) is 0 Å². The van der Waals surface area contributed by atoms with Crippen LogP contribution in [0.2, 0.25) is 0 Å². The van der Waals surface area contributed by atoms with Crippen molar-refractivity contribution in [2.75, 3.05) is 7.11 Å². The standard InChI is InChI=1S/C27H24O4/c1-18(27(29)30-2)23-14-7-6-11-21(23)17-31-22-13-8-12-20(15-22)24-16-25(24)26(28)19-9-4-3-5-10-19/h3-15,24-25H,1,16-17H2,2H3. The first-order valence-corrected chi connectivity index (χ1v) is 10.3. The average Bonchev–Trinajstić information content (AvgIpc) is 3.63. The van der Waals surface area contributed by atoms with E-state index in [2.05, 4.69) is 6.58 Å². The lowest BCUT2D eigenvalue weighted by molar-refractivity contribution is -0.133. The molecule has 1 saturated carbocycles. The smallest absolute Gasteiger partial charge is 0.337 e. The van der Waals surface area contributed by atoms with E-state index >= 15 is 0 Å². The summed E-state index contributed by atoms with van der Waals surface area (Å²) in [4.78, 5) is 24.6. The van der Waals surface area contributed by atoms with E-state index in [1.165, 1.54) is 7.11 Å². The summed E-state index contributed by atoms with van der Waals surface area (Å²) < 4.78 is 10.8. The summed E-state index contributed by atoms with van der Waals surface area (Å²) in [6, 6.07) is 24.8. The van der Waals surface area contributed by atoms with Crippen molar-refractivity contribution in [3.05, 3.63) is 108 Å². The van der Waals surface area contributed by atoms with Crippen molar-refractivity contribution < 1.29 is 19.1 Å². The topological polar surface area (TPSA) is 52.6 Å². The molecule has 4 rings (SSSR count). The number of hydrogen-bond donors (Lipinski definition) is 0. The van der Waals surface area contributed by atoms with Crippen molar-refractivity contribution in [1.29, 1.82) is 0 Å². The first-order valence-electron chi connectivity index (χ1n) is 10.3. The van der Waals surface area contributed by atoms with Crippen LogP contribution in [0.25, 0.3) is 5.57 Å². The van der Waals surface area contributed by atoms with Gasteiger partial charge >= 0.3 is 5.97 Å². The van der Waals surface area contributed by atoms with Gasteiger partial charge in [0.2, 0.25) is 0 Å². The molecule has 2 unspecified atom stereocenters. The van der Waals surface area contributed by atoms with Crippen LogP contribution in [-0.4, -0.2) is 18.9 Å². The van der Waals surface area contributed by atoms with Gasteiger partial charge in [0.15, 0.2) is 5.78 Å². The van der Waals surface area contributed by atoms with Crippen LogP contribution in [0.5, 0.6) is 5.75 Å². The van der Waals surface area contributed by atoms with Crippen molar-refractivity contribution >= 4 is 17.3 Å². The Morgan fingerprint density at radius 2 is 1.71 bits per heavy atom. The second-order valence-corrected chi connectivity index (χ2v) is 7.67. The van der Waals surface area contributed by atoms with Crippen LogP contribution in [0.4, 0.5) is 0 Å². The van der Waals surface area contributed by atoms with Gasteiger partial charge in [-0.3, -0.25) is 4.79 Å². The molecule has 3 aromatic rings. The van der Waals surface area contributed by atoms with Crippen molar-refractivity contribution in [3.8, 4) is 5.75 Å². The third kappa shape index (κ3) is 4.58. The summed E-state index contributed by atoms with van der Waals surface area (Å²) in [6.07, 6.45) is 0.860. The first-order chi connectivity index (χ1) is 15.1. The number of ketones is 1. The minimum absolute atomic E-state index is 0.0294. The number of hydrogen-bond acceptors (Lipinski definition) is 4. The molecular formula is C27H24O4. The molecule has 0 aliphatic heterocycles. The summed E-state index contributed by atoms with van der Waals surface area (Å²) in [5, 5.41) is 0. The van der Waals surface area contributed by atoms with Gasteiger partial charge in [-0.25, -0.2) is 4.79 Å². The Labute approximate surface area is 182 Å². The zero-order valence-corrected chi connectivity index (χ0v) is 17.4. The summed E-state index contributed by atoms with van der Waals surface area (Å²) in [5.41, 5.74) is 3.74. The Hall–Kier alpha value is -3.66. The highest BCUT2D eigenvalue weighted by Gasteiger charge is 2.44. The van der Waals surface area contributed by atoms with Crippen LogP contribution < -0.4 is 4.74 Å². The Morgan fingerprint density at radius 1 is 0.968 bits per heavy atom. The maximum Gasteiger partial charge on any atom is 0.337 e. The summed E-state index contributed by atoms with van der Waals surface area (Å²) in [6.45, 7) is 4.14. The molecule has 0 radical (unpaired) electrons. The molecule has 31 heavy (non-hydrogen) atoms. The number of ether oxygens (including phenoxy) is 2. The Morgan fingerprint density at radius 3 is 2.48 bits per heavy atom. The van der Waals surface area contributed by atoms with E-state index in [9.17, 15) is 9.59 Å². The van der Waals surface area contributed by atoms with Gasteiger partial charge in [-0.15, -0.1) is 0 Å². The number of esters is 1. The Balaban J connectivity index is 1.44. The van der Waals surface area contributed by atoms with E-state index in [1.807, 2.05) is 78.9 Å². The lowest BCUT2D eigenvalue weighted by Gasteiger charge is -2.12. The molecule has 1 fully saturated rings. The molecule has 4 heteroatoms. The van der Waals surface area contributed by atoms with Crippen LogP contribution in [-0.2, 0) is 16.1 Å². The van der Waals surface area contributed by atoms with Crippen molar-refractivity contribution in [2.24, 2.45) is 5.92 Å². The zero-order chi connectivity index (χ0) is 21.8. The van der Waals surface area contributed by atoms with Gasteiger partial charge in [0.25, 0.3) is 0 Å². The van der Waals surface area contributed by atoms with Crippen LogP contribution in [0.1, 0.15) is 39.4 Å². The van der Waals surface area contributed by atoms with Gasteiger partial charge in [0, 0.05) is 11.5 Å². The molecule has 0 saturated heterocycles. The molecule has 4 nitrogen and oxygen atoms in total. The second kappa shape index (κ2) is 9.00. The van der Waals surface area contributed by atoms with Gasteiger partial charge in [-0.2, -0.15) is 0 Å². The number of rotatable bonds is 8. The van der Waals surface area contributed by atoms with Crippen LogP contribution >= 0.6 is 0 Å². The minimum Gasteiger partial charge on any atom is -0.489 e. The van der Waals surface area contributed by atoms with Gasteiger partial charge in [0.1, 0.15) is 12.4 Å². The third-order valence-corrected chi connectivity index (χ3v) is 5.64. The van der Waals surface area contributed by atoms with Gasteiger partial charge in [-0.05, 0) is 41.2 Å². The Bertz CT molecular complexity index is 1120. The first kappa shape index (κ1) is 20.6. The van der Waals surface area contributed by atoms with Crippen molar-refractivity contribution in [3.63, 3.8) is 0 Å². The molecule has 3 aromatic carbocycles. The van der Waals surface area contributed by atoms with Crippen molar-refractivity contribution in [1.82, 2.24) is 0 Å². The number of Topliss-reactive ketones (excluding diaryl/α,β-unsaturated/α-hetero) is 1. The van der Waals surface area contributed by atoms with E-state index in [0.29, 0.717) is 17.7 Å². The summed E-state index contributed by atoms with van der Waals surface area (Å²) in [7, 11) is 1.34. The highest BCUT2D eigenvalue weighted by molar-refractivity contribution is 6.15. The van der Waals surface area contributed by atoms with Crippen LogP contribution in [0, 0.1) is 5.92 Å². The maximum atomic E-state index is 12.7. The third-order valence-electron chi connectivity index (χ3n) is 5.64. The lowest BCUT2D eigenvalue weighted by Crippen LogP contribution is -2.07. The summed E-state index contributed by atoms with van der Waals surface area (Å²) in [5.74, 6) is 0.725. The fourth-order valence-electron chi connectivity index (χ4n) is 3.84. The zero-order valence-electron chi connectivity index (χ0n) is 17.4. The highest BCUT2D eigenvalue weighted by Crippen LogP contribution is 2.49. The van der Waals surface area contributed by atoms with Crippen molar-refractivity contribution in [2.45, 2.75) is 18.9 Å². The number of carbonyl (C=O) groups is 2. The Kier molecular flexibility index (Phi) is 5.99. The fourth-order valence-corrected chi connectivity index (χ4v) is 3.84. The van der Waals surface area contributed by atoms with E-state index in [-0.39, 0.29) is 17.6 Å². The monoisotopic (exact) mass is 412 g/mol. The molecule has 0 aromatic heterocycles. The lowest BCUT2D eigenvalue weighted by atomic mass is 10.0. The predicted molar refractivity (Wildman–Crippen MR) is 120 cm³/mol. The average molecular weight is 412 g/mol. The number of carbonyl (C=O) groups excluding carboxylic acids is 2. The fraction of sp³-hybridized carbons (Fsp3) is 0.185. The molecule has 1 aliphatic rings. The maximum absolute atomic E-state index is 12.7. The van der Waals surface area contributed by atoms with E-state index in [0.717, 1.165) is 28.9 Å². The normalized spacial score (nSPS) is 16.9. The highest BCUT2D eigenvalue weighted by atomic mass is 16.5. The molecule has 0 amide bonds. The van der Waals surface area contributed by atoms with Crippen LogP contribution in [0.15, 0.2) is 85.4 Å². The minimum atomic E-state index is -0.461. The predicted octanol–water partition coefficient (Wildman–Crippen LogP) is 5.44. The molecule has 2 atom stereocenters. The summed E-state index contributed by atoms with van der Waals surface area (Å²) >= 11 is 0. The molecule has 1 aliphatic carbocycles. The van der Waals surface area contributed by atoms with E-state index < -0.39 is 5.97 Å². The van der Waals surface area contributed by atoms with Gasteiger partial charge in [0.05, 0.1) is 12.7 Å². The molecule has 0 bridgehead atoms. The quantitative estimate of drug-likeness (QED) is 0.281. The molecule has 156 valence electrons. The van der Waals surface area contributed by atoms with Gasteiger partial charge < -0.3 is 9.47 Å². The largest absolute Gasteiger partial charge is 0.489 e. The van der Waals surface area contributed by atoms with E-state index in [1.54, 1.807) is 0 Å². The SMILES string of the molecule is C=C(C(=O)OC)c1ccccc1COc1cccc(C2CC2C(=O)c2ccccc2)c1. The molecule has 0 spiro atoms. The number of methoxy groups -OCH3 is 1. The second-order valence-electron chi connectivity index (χ2n) is 7.67.